The predicted octanol–water partition coefficient (Wildman–Crippen LogP) is -0.204. The molecular weight excluding hydrogens is 402 g/mol. The van der Waals surface area contributed by atoms with Gasteiger partial charge in [0, 0.05) is 24.8 Å². The minimum Gasteiger partial charge on any atom is -0.378 e. The van der Waals surface area contributed by atoms with Crippen molar-refractivity contribution in [1.82, 2.24) is 15.3 Å². The van der Waals surface area contributed by atoms with Gasteiger partial charge in [0.15, 0.2) is 0 Å². The fourth-order valence-corrected chi connectivity index (χ4v) is 3.31. The van der Waals surface area contributed by atoms with E-state index in [9.17, 15) is 9.59 Å². The van der Waals surface area contributed by atoms with Gasteiger partial charge in [-0.15, -0.1) is 0 Å². The van der Waals surface area contributed by atoms with Crippen LogP contribution < -0.4 is 26.1 Å². The van der Waals surface area contributed by atoms with Gasteiger partial charge in [-0.25, -0.2) is 4.98 Å². The standard InChI is InChI=1S/C20H23N7O4/c21-16(28)11-22-12-17-25-18(27-3-5-30-6-4-27)9-20(26-17)31-23-10-13-1-2-15-14(7-13)8-19(29)24-15/h1-2,7,9-10,22H,3-6,8,11-12H2,(H2,21,28)(H,24,29). The van der Waals surface area contributed by atoms with Gasteiger partial charge in [0.2, 0.25) is 11.8 Å². The molecule has 4 N–H and O–H groups in total. The number of ether oxygens (including phenoxy) is 1. The van der Waals surface area contributed by atoms with Crippen molar-refractivity contribution in [3.05, 3.63) is 41.2 Å². The molecule has 0 unspecified atom stereocenters. The van der Waals surface area contributed by atoms with Crippen LogP contribution in [0.15, 0.2) is 29.4 Å². The summed E-state index contributed by atoms with van der Waals surface area (Å²) in [4.78, 5) is 38.9. The fraction of sp³-hybridized carbons (Fsp3) is 0.350. The van der Waals surface area contributed by atoms with E-state index < -0.39 is 5.91 Å². The molecule has 0 spiro atoms. The average Bonchev–Trinajstić information content (AvgIpc) is 3.13. The number of amides is 2. The van der Waals surface area contributed by atoms with Crippen LogP contribution in [0.25, 0.3) is 0 Å². The molecular formula is C20H23N7O4. The van der Waals surface area contributed by atoms with Crippen LogP contribution in [0.2, 0.25) is 0 Å². The van der Waals surface area contributed by atoms with Crippen LogP contribution in [-0.4, -0.2) is 60.8 Å². The van der Waals surface area contributed by atoms with Gasteiger partial charge in [-0.2, -0.15) is 4.98 Å². The molecule has 162 valence electrons. The summed E-state index contributed by atoms with van der Waals surface area (Å²) in [5.41, 5.74) is 7.72. The Hall–Kier alpha value is -3.57. The zero-order valence-electron chi connectivity index (χ0n) is 16.8. The van der Waals surface area contributed by atoms with Crippen LogP contribution in [0.5, 0.6) is 5.88 Å². The molecule has 4 rings (SSSR count). The maximum absolute atomic E-state index is 11.5. The molecule has 31 heavy (non-hydrogen) atoms. The minimum absolute atomic E-state index is 0.0190. The van der Waals surface area contributed by atoms with Gasteiger partial charge >= 0.3 is 0 Å². The topological polar surface area (TPSA) is 144 Å². The first-order valence-electron chi connectivity index (χ1n) is 9.90. The summed E-state index contributed by atoms with van der Waals surface area (Å²) in [6, 6.07) is 7.28. The van der Waals surface area contributed by atoms with E-state index in [2.05, 4.69) is 30.7 Å². The van der Waals surface area contributed by atoms with Crippen LogP contribution in [-0.2, 0) is 27.3 Å². The highest BCUT2D eigenvalue weighted by molar-refractivity contribution is 6.00. The second-order valence-corrected chi connectivity index (χ2v) is 7.12. The molecule has 0 bridgehead atoms. The molecule has 1 saturated heterocycles. The number of oxime groups is 1. The number of hydrogen-bond acceptors (Lipinski definition) is 9. The average molecular weight is 425 g/mol. The smallest absolute Gasteiger partial charge is 0.254 e. The molecule has 2 aliphatic heterocycles. The molecule has 1 fully saturated rings. The van der Waals surface area contributed by atoms with Crippen LogP contribution in [0.3, 0.4) is 0 Å². The number of fused-ring (bicyclic) bond motifs is 1. The molecule has 0 aliphatic carbocycles. The van der Waals surface area contributed by atoms with E-state index in [1.807, 2.05) is 18.2 Å². The van der Waals surface area contributed by atoms with E-state index in [1.165, 1.54) is 0 Å². The lowest BCUT2D eigenvalue weighted by Crippen LogP contribution is -2.37. The maximum Gasteiger partial charge on any atom is 0.254 e. The second-order valence-electron chi connectivity index (χ2n) is 7.12. The van der Waals surface area contributed by atoms with Gasteiger partial charge in [-0.3, -0.25) is 9.59 Å². The Bertz CT molecular complexity index is 1010. The Morgan fingerprint density at radius 1 is 1.32 bits per heavy atom. The monoisotopic (exact) mass is 425 g/mol. The third kappa shape index (κ3) is 5.53. The van der Waals surface area contributed by atoms with Crippen molar-refractivity contribution in [3.8, 4) is 5.88 Å². The molecule has 0 atom stereocenters. The van der Waals surface area contributed by atoms with Crippen molar-refractivity contribution in [2.45, 2.75) is 13.0 Å². The summed E-state index contributed by atoms with van der Waals surface area (Å²) >= 11 is 0. The number of nitrogens with two attached hydrogens (primary N) is 1. The molecule has 11 heteroatoms. The highest BCUT2D eigenvalue weighted by Gasteiger charge is 2.17. The first kappa shape index (κ1) is 20.7. The lowest BCUT2D eigenvalue weighted by atomic mass is 10.1. The van der Waals surface area contributed by atoms with Crippen molar-refractivity contribution in [3.63, 3.8) is 0 Å². The Morgan fingerprint density at radius 2 is 2.16 bits per heavy atom. The van der Waals surface area contributed by atoms with Crippen molar-refractivity contribution in [2.24, 2.45) is 10.9 Å². The Morgan fingerprint density at radius 3 is 2.97 bits per heavy atom. The number of carbonyl (C=O) groups is 2. The van der Waals surface area contributed by atoms with Gasteiger partial charge in [0.1, 0.15) is 11.6 Å². The molecule has 1 aromatic carbocycles. The zero-order valence-corrected chi connectivity index (χ0v) is 16.8. The van der Waals surface area contributed by atoms with Crippen molar-refractivity contribution >= 4 is 29.5 Å². The lowest BCUT2D eigenvalue weighted by Gasteiger charge is -2.28. The normalized spacial score (nSPS) is 15.7. The minimum atomic E-state index is -0.461. The zero-order chi connectivity index (χ0) is 21.6. The Balaban J connectivity index is 1.48. The first-order valence-corrected chi connectivity index (χ1v) is 9.90. The SMILES string of the molecule is NC(=O)CNCc1nc(ON=Cc2ccc3c(c2)CC(=O)N3)cc(N2CCOCC2)n1. The summed E-state index contributed by atoms with van der Waals surface area (Å²) < 4.78 is 5.40. The van der Waals surface area contributed by atoms with Gasteiger partial charge in [-0.05, 0) is 23.3 Å². The number of hydrogen-bond donors (Lipinski definition) is 3. The highest BCUT2D eigenvalue weighted by atomic mass is 16.6. The van der Waals surface area contributed by atoms with Crippen molar-refractivity contribution < 1.29 is 19.2 Å². The number of benzene rings is 1. The molecule has 2 aliphatic rings. The van der Waals surface area contributed by atoms with Crippen molar-refractivity contribution in [1.29, 1.82) is 0 Å². The number of nitrogens with one attached hydrogen (secondary N) is 2. The van der Waals surface area contributed by atoms with Crippen molar-refractivity contribution in [2.75, 3.05) is 43.1 Å². The third-order valence-electron chi connectivity index (χ3n) is 4.76. The second kappa shape index (κ2) is 9.49. The van der Waals surface area contributed by atoms with E-state index in [-0.39, 0.29) is 24.9 Å². The molecule has 2 amide bonds. The summed E-state index contributed by atoms with van der Waals surface area (Å²) in [7, 11) is 0. The molecule has 2 aromatic rings. The number of anilines is 2. The van der Waals surface area contributed by atoms with Crippen LogP contribution >= 0.6 is 0 Å². The van der Waals surface area contributed by atoms with E-state index in [0.717, 1.165) is 16.8 Å². The van der Waals surface area contributed by atoms with Gasteiger partial charge in [-0.1, -0.05) is 11.2 Å². The van der Waals surface area contributed by atoms with E-state index in [1.54, 1.807) is 12.3 Å². The fourth-order valence-electron chi connectivity index (χ4n) is 3.31. The first-order chi connectivity index (χ1) is 15.1. The quantitative estimate of drug-likeness (QED) is 0.389. The number of aromatic nitrogens is 2. The highest BCUT2D eigenvalue weighted by Crippen LogP contribution is 2.23. The number of rotatable bonds is 8. The molecule has 1 aromatic heterocycles. The van der Waals surface area contributed by atoms with E-state index in [0.29, 0.717) is 44.4 Å². The number of morpholine rings is 1. The Labute approximate surface area is 178 Å². The van der Waals surface area contributed by atoms with E-state index >= 15 is 0 Å². The Kier molecular flexibility index (Phi) is 6.34. The molecule has 3 heterocycles. The summed E-state index contributed by atoms with van der Waals surface area (Å²) in [6.07, 6.45) is 1.92. The van der Waals surface area contributed by atoms with Crippen LogP contribution in [0.4, 0.5) is 11.5 Å². The largest absolute Gasteiger partial charge is 0.378 e. The van der Waals surface area contributed by atoms with Gasteiger partial charge in [0.25, 0.3) is 5.88 Å². The third-order valence-corrected chi connectivity index (χ3v) is 4.76. The predicted molar refractivity (Wildman–Crippen MR) is 113 cm³/mol. The number of primary amides is 1. The number of nitrogens with zero attached hydrogens (tertiary/aromatic N) is 4. The summed E-state index contributed by atoms with van der Waals surface area (Å²) in [5.74, 6) is 0.951. The van der Waals surface area contributed by atoms with Gasteiger partial charge in [0.05, 0.1) is 38.9 Å². The van der Waals surface area contributed by atoms with Gasteiger partial charge < -0.3 is 30.8 Å². The summed E-state index contributed by atoms with van der Waals surface area (Å²) in [5, 5.41) is 9.73. The number of carbonyl (C=O) groups excluding carboxylic acids is 2. The summed E-state index contributed by atoms with van der Waals surface area (Å²) in [6.45, 7) is 2.92. The van der Waals surface area contributed by atoms with Crippen LogP contribution in [0.1, 0.15) is 17.0 Å². The van der Waals surface area contributed by atoms with E-state index in [4.69, 9.17) is 15.3 Å². The molecule has 0 saturated carbocycles. The van der Waals surface area contributed by atoms with Crippen LogP contribution in [0, 0.1) is 0 Å². The molecule has 0 radical (unpaired) electrons. The molecule has 11 nitrogen and oxygen atoms in total. The maximum atomic E-state index is 11.5. The lowest BCUT2D eigenvalue weighted by molar-refractivity contribution is -0.117.